The zero-order valence-electron chi connectivity index (χ0n) is 11.4. The summed E-state index contributed by atoms with van der Waals surface area (Å²) in [6, 6.07) is 1.81. The van der Waals surface area contributed by atoms with Crippen LogP contribution in [0, 0.1) is 0 Å². The average molecular weight is 290 g/mol. The summed E-state index contributed by atoms with van der Waals surface area (Å²) in [4.78, 5) is 8.42. The van der Waals surface area contributed by atoms with Gasteiger partial charge in [-0.05, 0) is 6.07 Å². The average Bonchev–Trinajstić information content (AvgIpc) is 3.02. The van der Waals surface area contributed by atoms with Gasteiger partial charge < -0.3 is 4.42 Å². The molecule has 3 aromatic rings. The molecule has 3 aromatic heterocycles. The molecule has 3 heterocycles. The van der Waals surface area contributed by atoms with Crippen LogP contribution in [0.4, 0.5) is 0 Å². The molecule has 20 heavy (non-hydrogen) atoms. The van der Waals surface area contributed by atoms with E-state index in [-0.39, 0.29) is 5.41 Å². The molecule has 8 heteroatoms. The van der Waals surface area contributed by atoms with E-state index in [0.717, 1.165) is 0 Å². The highest BCUT2D eigenvalue weighted by atomic mass is 32.2. The van der Waals surface area contributed by atoms with Gasteiger partial charge in [-0.1, -0.05) is 32.5 Å². The molecule has 104 valence electrons. The quantitative estimate of drug-likeness (QED) is 0.683. The maximum Gasteiger partial charge on any atom is 0.253 e. The third-order valence-electron chi connectivity index (χ3n) is 2.53. The van der Waals surface area contributed by atoms with Crippen LogP contribution >= 0.6 is 11.8 Å². The van der Waals surface area contributed by atoms with Gasteiger partial charge in [0.1, 0.15) is 0 Å². The Morgan fingerprint density at radius 3 is 2.85 bits per heavy atom. The van der Waals surface area contributed by atoms with Crippen LogP contribution in [0.3, 0.4) is 0 Å². The van der Waals surface area contributed by atoms with Crippen molar-refractivity contribution in [2.24, 2.45) is 0 Å². The summed E-state index contributed by atoms with van der Waals surface area (Å²) < 4.78 is 7.26. The number of aromatic nitrogens is 6. The van der Waals surface area contributed by atoms with Crippen LogP contribution in [-0.2, 0) is 11.2 Å². The second-order valence-corrected chi connectivity index (χ2v) is 6.24. The molecule has 0 amide bonds. The van der Waals surface area contributed by atoms with Gasteiger partial charge in [-0.3, -0.25) is 0 Å². The first-order chi connectivity index (χ1) is 9.52. The van der Waals surface area contributed by atoms with Gasteiger partial charge >= 0.3 is 0 Å². The van der Waals surface area contributed by atoms with E-state index < -0.39 is 0 Å². The van der Waals surface area contributed by atoms with Crippen LogP contribution in [0.2, 0.25) is 0 Å². The summed E-state index contributed by atoms with van der Waals surface area (Å²) in [6.07, 6.45) is 3.50. The number of hydrogen-bond donors (Lipinski definition) is 0. The Morgan fingerprint density at radius 1 is 1.30 bits per heavy atom. The zero-order valence-corrected chi connectivity index (χ0v) is 12.3. The van der Waals surface area contributed by atoms with Gasteiger partial charge in [0.2, 0.25) is 16.9 Å². The maximum atomic E-state index is 5.62. The second-order valence-electron chi connectivity index (χ2n) is 5.30. The highest BCUT2D eigenvalue weighted by molar-refractivity contribution is 7.98. The molecule has 0 aliphatic heterocycles. The van der Waals surface area contributed by atoms with Gasteiger partial charge in [-0.15, -0.1) is 15.3 Å². The number of rotatable bonds is 3. The molecular formula is C12H14N6OS. The highest BCUT2D eigenvalue weighted by Crippen LogP contribution is 2.23. The van der Waals surface area contributed by atoms with Crippen molar-refractivity contribution in [3.8, 4) is 0 Å². The van der Waals surface area contributed by atoms with E-state index in [0.29, 0.717) is 28.5 Å². The molecule has 3 rings (SSSR count). The summed E-state index contributed by atoms with van der Waals surface area (Å²) in [5, 5.41) is 13.0. The first kappa shape index (κ1) is 13.0. The molecule has 0 saturated heterocycles. The Kier molecular flexibility index (Phi) is 3.17. The molecule has 0 spiro atoms. The topological polar surface area (TPSA) is 82.0 Å². The Balaban J connectivity index is 1.71. The van der Waals surface area contributed by atoms with Gasteiger partial charge in [0.15, 0.2) is 0 Å². The molecule has 0 radical (unpaired) electrons. The molecule has 0 unspecified atom stereocenters. The van der Waals surface area contributed by atoms with Gasteiger partial charge in [0.05, 0.1) is 5.75 Å². The monoisotopic (exact) mass is 290 g/mol. The van der Waals surface area contributed by atoms with Crippen molar-refractivity contribution in [2.45, 2.75) is 37.1 Å². The highest BCUT2D eigenvalue weighted by Gasteiger charge is 2.21. The van der Waals surface area contributed by atoms with E-state index in [4.69, 9.17) is 4.42 Å². The molecule has 7 nitrogen and oxygen atoms in total. The van der Waals surface area contributed by atoms with Crippen molar-refractivity contribution in [3.05, 3.63) is 30.2 Å². The Morgan fingerprint density at radius 2 is 2.15 bits per heavy atom. The lowest BCUT2D eigenvalue weighted by Gasteiger charge is -2.10. The van der Waals surface area contributed by atoms with Crippen molar-refractivity contribution < 1.29 is 4.42 Å². The lowest BCUT2D eigenvalue weighted by molar-refractivity contribution is 0.378. The van der Waals surface area contributed by atoms with E-state index in [1.807, 2.05) is 33.0 Å². The van der Waals surface area contributed by atoms with Crippen LogP contribution < -0.4 is 0 Å². The third-order valence-corrected chi connectivity index (χ3v) is 3.35. The van der Waals surface area contributed by atoms with Crippen molar-refractivity contribution in [1.82, 2.24) is 29.8 Å². The first-order valence-electron chi connectivity index (χ1n) is 6.15. The van der Waals surface area contributed by atoms with Crippen molar-refractivity contribution in [3.63, 3.8) is 0 Å². The minimum Gasteiger partial charge on any atom is -0.424 e. The van der Waals surface area contributed by atoms with E-state index in [1.54, 1.807) is 10.7 Å². The molecular weight excluding hydrogens is 276 g/mol. The standard InChI is InChI=1S/C12H14N6OS/c1-12(2,3)9-16-15-8(19-9)7-20-11-14-10-13-5-4-6-18(10)17-11/h4-6H,7H2,1-3H3. The molecule has 0 fully saturated rings. The minimum absolute atomic E-state index is 0.138. The normalized spacial score (nSPS) is 12.2. The Bertz CT molecular complexity index is 696. The number of hydrogen-bond acceptors (Lipinski definition) is 7. The summed E-state index contributed by atoms with van der Waals surface area (Å²) in [5.74, 6) is 2.33. The molecule has 0 saturated carbocycles. The summed E-state index contributed by atoms with van der Waals surface area (Å²) in [6.45, 7) is 6.10. The van der Waals surface area contributed by atoms with Crippen LogP contribution in [0.15, 0.2) is 28.0 Å². The zero-order chi connectivity index (χ0) is 14.2. The van der Waals surface area contributed by atoms with Crippen molar-refractivity contribution >= 4 is 17.5 Å². The minimum atomic E-state index is -0.138. The SMILES string of the molecule is CC(C)(C)c1nnc(CSc2nc3ncccn3n2)o1. The van der Waals surface area contributed by atoms with Crippen molar-refractivity contribution in [2.75, 3.05) is 0 Å². The summed E-state index contributed by atoms with van der Waals surface area (Å²) in [5.41, 5.74) is -0.138. The Labute approximate surface area is 119 Å². The second kappa shape index (κ2) is 4.86. The maximum absolute atomic E-state index is 5.62. The molecule has 0 aliphatic rings. The van der Waals surface area contributed by atoms with E-state index in [1.165, 1.54) is 11.8 Å². The fourth-order valence-electron chi connectivity index (χ4n) is 1.52. The Hall–Kier alpha value is -1.96. The van der Waals surface area contributed by atoms with E-state index >= 15 is 0 Å². The third kappa shape index (κ3) is 2.64. The number of fused-ring (bicyclic) bond motifs is 1. The summed E-state index contributed by atoms with van der Waals surface area (Å²) >= 11 is 1.44. The number of nitrogens with zero attached hydrogens (tertiary/aromatic N) is 6. The van der Waals surface area contributed by atoms with Crippen LogP contribution in [0.25, 0.3) is 5.78 Å². The largest absolute Gasteiger partial charge is 0.424 e. The lowest BCUT2D eigenvalue weighted by atomic mass is 9.97. The summed E-state index contributed by atoms with van der Waals surface area (Å²) in [7, 11) is 0. The van der Waals surface area contributed by atoms with Crippen LogP contribution in [0.1, 0.15) is 32.6 Å². The predicted molar refractivity (Wildman–Crippen MR) is 73.3 cm³/mol. The molecule has 0 aliphatic carbocycles. The lowest BCUT2D eigenvalue weighted by Crippen LogP contribution is -2.11. The van der Waals surface area contributed by atoms with Gasteiger partial charge in [-0.25, -0.2) is 9.50 Å². The first-order valence-corrected chi connectivity index (χ1v) is 7.14. The molecule has 0 atom stereocenters. The van der Waals surface area contributed by atoms with Crippen LogP contribution in [-0.4, -0.2) is 29.8 Å². The van der Waals surface area contributed by atoms with Gasteiger partial charge in [-0.2, -0.15) is 4.98 Å². The molecule has 0 N–H and O–H groups in total. The number of thioether (sulfide) groups is 1. The van der Waals surface area contributed by atoms with Crippen LogP contribution in [0.5, 0.6) is 0 Å². The fourth-order valence-corrected chi connectivity index (χ4v) is 2.18. The predicted octanol–water partition coefficient (Wildman–Crippen LogP) is 2.10. The van der Waals surface area contributed by atoms with E-state index in [2.05, 4.69) is 25.3 Å². The molecule has 0 bridgehead atoms. The smallest absolute Gasteiger partial charge is 0.253 e. The van der Waals surface area contributed by atoms with Gasteiger partial charge in [0, 0.05) is 17.8 Å². The molecule has 0 aromatic carbocycles. The van der Waals surface area contributed by atoms with E-state index in [9.17, 15) is 0 Å². The fraction of sp³-hybridized carbons (Fsp3) is 0.417. The van der Waals surface area contributed by atoms with Crippen molar-refractivity contribution in [1.29, 1.82) is 0 Å². The van der Waals surface area contributed by atoms with Gasteiger partial charge in [0.25, 0.3) is 5.78 Å².